The Morgan fingerprint density at radius 1 is 1.17 bits per heavy atom. The van der Waals surface area contributed by atoms with Gasteiger partial charge in [0.05, 0.1) is 12.2 Å². The Bertz CT molecular complexity index is 762. The molecule has 0 aliphatic heterocycles. The van der Waals surface area contributed by atoms with Crippen molar-refractivity contribution in [3.63, 3.8) is 0 Å². The average Bonchev–Trinajstić information content (AvgIpc) is 2.67. The van der Waals surface area contributed by atoms with Gasteiger partial charge in [0.2, 0.25) is 0 Å². The Kier molecular flexibility index (Phi) is 2.60. The highest BCUT2D eigenvalue weighted by Crippen LogP contribution is 2.06. The van der Waals surface area contributed by atoms with Gasteiger partial charge in [-0.1, -0.05) is 23.7 Å². The van der Waals surface area contributed by atoms with Crippen LogP contribution in [0.5, 0.6) is 0 Å². The summed E-state index contributed by atoms with van der Waals surface area (Å²) in [4.78, 5) is 16.2. The lowest BCUT2D eigenvalue weighted by molar-refractivity contribution is 0.646. The van der Waals surface area contributed by atoms with E-state index in [-0.39, 0.29) is 5.69 Å². The molecule has 0 bridgehead atoms. The second-order valence-corrected chi connectivity index (χ2v) is 4.21. The maximum absolute atomic E-state index is 12.0. The molecule has 0 N–H and O–H groups in total. The third-order valence-corrected chi connectivity index (χ3v) is 2.78. The van der Waals surface area contributed by atoms with Gasteiger partial charge < -0.3 is 0 Å². The van der Waals surface area contributed by atoms with E-state index >= 15 is 0 Å². The Hall–Kier alpha value is -2.14. The molecule has 0 aliphatic carbocycles. The summed E-state index contributed by atoms with van der Waals surface area (Å²) in [6, 6.07) is 10.7. The second kappa shape index (κ2) is 4.27. The summed E-state index contributed by atoms with van der Waals surface area (Å²) in [7, 11) is 0. The smallest absolute Gasteiger partial charge is 0.250 e. The first-order valence-corrected chi connectivity index (χ1v) is 5.77. The van der Waals surface area contributed by atoms with Crippen molar-refractivity contribution >= 4 is 17.2 Å². The minimum atomic E-state index is -0.188. The van der Waals surface area contributed by atoms with Crippen molar-refractivity contribution in [2.45, 2.75) is 6.54 Å². The number of hydrogen-bond acceptors (Lipinski definition) is 3. The minimum Gasteiger partial charge on any atom is -0.250 e. The normalized spacial score (nSPS) is 10.9. The zero-order valence-electron chi connectivity index (χ0n) is 9.32. The fraction of sp³-hybridized carbons (Fsp3) is 0.0833. The number of pyridine rings is 2. The lowest BCUT2D eigenvalue weighted by atomic mass is 10.3. The van der Waals surface area contributed by atoms with Crippen molar-refractivity contribution in [1.82, 2.24) is 19.2 Å². The van der Waals surface area contributed by atoms with Gasteiger partial charge in [-0.05, 0) is 24.3 Å². The summed E-state index contributed by atoms with van der Waals surface area (Å²) in [5.74, 6) is 0. The third kappa shape index (κ3) is 1.89. The number of halogens is 1. The van der Waals surface area contributed by atoms with Gasteiger partial charge >= 0.3 is 5.69 Å². The lowest BCUT2D eigenvalue weighted by Gasteiger charge is -1.99. The fourth-order valence-corrected chi connectivity index (χ4v) is 1.94. The van der Waals surface area contributed by atoms with Crippen molar-refractivity contribution < 1.29 is 0 Å². The van der Waals surface area contributed by atoms with Gasteiger partial charge in [-0.25, -0.2) is 14.5 Å². The van der Waals surface area contributed by atoms with Crippen molar-refractivity contribution in [3.8, 4) is 0 Å². The molecule has 18 heavy (non-hydrogen) atoms. The summed E-state index contributed by atoms with van der Waals surface area (Å²) in [6.45, 7) is 0.307. The van der Waals surface area contributed by atoms with E-state index in [2.05, 4.69) is 10.1 Å². The third-order valence-electron chi connectivity index (χ3n) is 2.57. The molecule has 0 aromatic carbocycles. The lowest BCUT2D eigenvalue weighted by Crippen LogP contribution is -2.21. The van der Waals surface area contributed by atoms with Crippen LogP contribution in [0.1, 0.15) is 5.69 Å². The summed E-state index contributed by atoms with van der Waals surface area (Å²) >= 11 is 5.81. The zero-order valence-corrected chi connectivity index (χ0v) is 10.1. The van der Waals surface area contributed by atoms with Gasteiger partial charge in [0, 0.05) is 6.20 Å². The molecule has 0 aliphatic rings. The maximum atomic E-state index is 12.0. The van der Waals surface area contributed by atoms with Crippen LogP contribution < -0.4 is 5.69 Å². The summed E-state index contributed by atoms with van der Waals surface area (Å²) in [5, 5.41) is 4.63. The van der Waals surface area contributed by atoms with Crippen molar-refractivity contribution in [1.29, 1.82) is 0 Å². The largest absolute Gasteiger partial charge is 0.350 e. The van der Waals surface area contributed by atoms with Crippen molar-refractivity contribution in [3.05, 3.63) is 63.9 Å². The van der Waals surface area contributed by atoms with E-state index in [1.54, 1.807) is 30.5 Å². The van der Waals surface area contributed by atoms with Crippen molar-refractivity contribution in [2.24, 2.45) is 0 Å². The molecule has 0 saturated carbocycles. The van der Waals surface area contributed by atoms with E-state index in [4.69, 9.17) is 11.6 Å². The van der Waals surface area contributed by atoms with Crippen LogP contribution in [-0.4, -0.2) is 19.2 Å². The van der Waals surface area contributed by atoms with Gasteiger partial charge in [0.1, 0.15) is 5.15 Å². The molecule has 3 aromatic heterocycles. The topological polar surface area (TPSA) is 52.2 Å². The molecule has 0 saturated heterocycles. The van der Waals surface area contributed by atoms with Crippen LogP contribution in [-0.2, 0) is 6.54 Å². The molecule has 3 heterocycles. The van der Waals surface area contributed by atoms with Gasteiger partial charge in [-0.15, -0.1) is 5.10 Å². The van der Waals surface area contributed by atoms with Crippen LogP contribution in [0.25, 0.3) is 5.65 Å². The van der Waals surface area contributed by atoms with Gasteiger partial charge in [-0.3, -0.25) is 4.40 Å². The summed E-state index contributed by atoms with van der Waals surface area (Å²) < 4.78 is 2.86. The monoisotopic (exact) mass is 260 g/mol. The molecule has 0 spiro atoms. The summed E-state index contributed by atoms with van der Waals surface area (Å²) in [5.41, 5.74) is 1.13. The molecule has 5 nitrogen and oxygen atoms in total. The second-order valence-electron chi connectivity index (χ2n) is 3.82. The Labute approximate surface area is 107 Å². The van der Waals surface area contributed by atoms with Gasteiger partial charge in [-0.2, -0.15) is 0 Å². The van der Waals surface area contributed by atoms with E-state index < -0.39 is 0 Å². The highest BCUT2D eigenvalue weighted by atomic mass is 35.5. The Morgan fingerprint density at radius 3 is 2.83 bits per heavy atom. The van der Waals surface area contributed by atoms with Crippen molar-refractivity contribution in [2.75, 3.05) is 0 Å². The molecule has 3 rings (SSSR count). The predicted molar refractivity (Wildman–Crippen MR) is 67.8 cm³/mol. The molecule has 90 valence electrons. The zero-order chi connectivity index (χ0) is 12.5. The average molecular weight is 261 g/mol. The van der Waals surface area contributed by atoms with E-state index in [1.165, 1.54) is 9.08 Å². The number of hydrogen-bond donors (Lipinski definition) is 0. The van der Waals surface area contributed by atoms with E-state index in [9.17, 15) is 4.79 Å². The standard InChI is InChI=1S/C12H9ClN4O/c13-10-5-3-4-9(14-10)8-17-12(18)16-7-2-1-6-11(16)15-17/h1-7H,8H2. The van der Waals surface area contributed by atoms with Crippen LogP contribution in [0.2, 0.25) is 5.15 Å². The van der Waals surface area contributed by atoms with E-state index in [0.29, 0.717) is 23.0 Å². The Morgan fingerprint density at radius 2 is 2.06 bits per heavy atom. The highest BCUT2D eigenvalue weighted by Gasteiger charge is 2.07. The molecule has 3 aromatic rings. The van der Waals surface area contributed by atoms with Gasteiger partial charge in [0.25, 0.3) is 0 Å². The molecular formula is C12H9ClN4O. The number of nitrogens with zero attached hydrogens (tertiary/aromatic N) is 4. The molecule has 0 unspecified atom stereocenters. The number of rotatable bonds is 2. The quantitative estimate of drug-likeness (QED) is 0.658. The summed E-state index contributed by atoms with van der Waals surface area (Å²) in [6.07, 6.45) is 1.69. The van der Waals surface area contributed by atoms with Crippen LogP contribution in [0.3, 0.4) is 0 Å². The van der Waals surface area contributed by atoms with Crippen LogP contribution in [0.15, 0.2) is 47.4 Å². The predicted octanol–water partition coefficient (Wildman–Crippen LogP) is 1.59. The molecule has 0 fully saturated rings. The first kappa shape index (κ1) is 11.0. The number of aromatic nitrogens is 4. The molecule has 0 amide bonds. The van der Waals surface area contributed by atoms with Crippen LogP contribution in [0.4, 0.5) is 0 Å². The first-order chi connectivity index (χ1) is 8.74. The Balaban J connectivity index is 2.05. The van der Waals surface area contributed by atoms with Gasteiger partial charge in [0.15, 0.2) is 5.65 Å². The van der Waals surface area contributed by atoms with E-state index in [1.807, 2.05) is 12.1 Å². The maximum Gasteiger partial charge on any atom is 0.350 e. The van der Waals surface area contributed by atoms with E-state index in [0.717, 1.165) is 0 Å². The molecular weight excluding hydrogens is 252 g/mol. The minimum absolute atomic E-state index is 0.188. The SMILES string of the molecule is O=c1n(Cc2cccc(Cl)n2)nc2ccccn12. The highest BCUT2D eigenvalue weighted by molar-refractivity contribution is 6.29. The number of fused-ring (bicyclic) bond motifs is 1. The van der Waals surface area contributed by atoms with Crippen LogP contribution >= 0.6 is 11.6 Å². The first-order valence-electron chi connectivity index (χ1n) is 5.40. The molecule has 6 heteroatoms. The molecule has 0 atom stereocenters. The fourth-order valence-electron chi connectivity index (χ4n) is 1.76. The molecule has 0 radical (unpaired) electrons. The van der Waals surface area contributed by atoms with Crippen LogP contribution in [0, 0.1) is 0 Å².